The number of hydrogen-bond acceptors (Lipinski definition) is 5. The molecule has 0 spiro atoms. The lowest BCUT2D eigenvalue weighted by Gasteiger charge is -2.38. The van der Waals surface area contributed by atoms with Gasteiger partial charge in [0, 0.05) is 32.2 Å². The molecule has 2 amide bonds. The molecule has 1 aromatic rings. The highest BCUT2D eigenvalue weighted by atomic mass is 35.5. The summed E-state index contributed by atoms with van der Waals surface area (Å²) in [6, 6.07) is 2.76. The Morgan fingerprint density at radius 1 is 1.04 bits per heavy atom. The number of carbonyl (C=O) groups excluding carboxylic acids is 1. The monoisotopic (exact) mass is 388 g/mol. The molecule has 0 N–H and O–H groups in total. The number of piperidine rings is 1. The predicted molar refractivity (Wildman–Crippen MR) is 103 cm³/mol. The Morgan fingerprint density at radius 2 is 1.74 bits per heavy atom. The third-order valence-electron chi connectivity index (χ3n) is 6.07. The molecule has 2 aliphatic heterocycles. The van der Waals surface area contributed by atoms with Crippen LogP contribution in [-0.2, 0) is 0 Å². The van der Waals surface area contributed by atoms with Gasteiger partial charge >= 0.3 is 6.03 Å². The summed E-state index contributed by atoms with van der Waals surface area (Å²) < 4.78 is 0. The van der Waals surface area contributed by atoms with Gasteiger partial charge in [-0.25, -0.2) is 14.8 Å². The molecule has 0 radical (unpaired) electrons. The number of amides is 2. The van der Waals surface area contributed by atoms with Crippen LogP contribution in [0.2, 0.25) is 5.15 Å². The highest BCUT2D eigenvalue weighted by molar-refractivity contribution is 6.30. The summed E-state index contributed by atoms with van der Waals surface area (Å²) in [5, 5.41) is 9.10. The maximum atomic E-state index is 13.0. The van der Waals surface area contributed by atoms with Crippen LogP contribution >= 0.6 is 11.6 Å². The second-order valence-electron chi connectivity index (χ2n) is 7.68. The van der Waals surface area contributed by atoms with Crippen LogP contribution in [-0.4, -0.2) is 64.1 Å². The molecule has 0 bridgehead atoms. The van der Waals surface area contributed by atoms with E-state index >= 15 is 0 Å². The van der Waals surface area contributed by atoms with Gasteiger partial charge in [-0.1, -0.05) is 30.9 Å². The van der Waals surface area contributed by atoms with Crippen LogP contribution in [0.4, 0.5) is 10.6 Å². The van der Waals surface area contributed by atoms with E-state index in [-0.39, 0.29) is 22.9 Å². The minimum Gasteiger partial charge on any atom is -0.353 e. The lowest BCUT2D eigenvalue weighted by Crippen LogP contribution is -2.50. The van der Waals surface area contributed by atoms with E-state index in [1.807, 2.05) is 6.07 Å². The van der Waals surface area contributed by atoms with E-state index in [2.05, 4.69) is 24.7 Å². The van der Waals surface area contributed by atoms with Gasteiger partial charge in [-0.2, -0.15) is 5.26 Å². The number of carbonyl (C=O) groups is 1. The summed E-state index contributed by atoms with van der Waals surface area (Å²) in [6.07, 6.45) is 9.69. The quantitative estimate of drug-likeness (QED) is 0.795. The average Bonchev–Trinajstić information content (AvgIpc) is 3.10. The first-order valence-electron chi connectivity index (χ1n) is 9.92. The molecule has 144 valence electrons. The Labute approximate surface area is 164 Å². The average molecular weight is 389 g/mol. The summed E-state index contributed by atoms with van der Waals surface area (Å²) in [6.45, 7) is 3.26. The number of anilines is 1. The normalized spacial score (nSPS) is 24.4. The molecule has 3 heterocycles. The molecule has 1 aromatic heterocycles. The van der Waals surface area contributed by atoms with Crippen molar-refractivity contribution in [1.29, 1.82) is 5.26 Å². The Kier molecular flexibility index (Phi) is 5.35. The summed E-state index contributed by atoms with van der Waals surface area (Å²) in [5.41, 5.74) is 0.145. The lowest BCUT2D eigenvalue weighted by atomic mass is 9.94. The summed E-state index contributed by atoms with van der Waals surface area (Å²) in [5.74, 6) is 0.680. The van der Waals surface area contributed by atoms with E-state index in [1.165, 1.54) is 19.3 Å². The molecule has 1 atom stereocenters. The molecule has 27 heavy (non-hydrogen) atoms. The van der Waals surface area contributed by atoms with Crippen LogP contribution in [0, 0.1) is 11.3 Å². The third kappa shape index (κ3) is 3.68. The SMILES string of the molecule is N#Cc1ncc(N2CCCC(N3CCN(C4CCCCC4)C3=O)C2)nc1Cl. The fourth-order valence-electron chi connectivity index (χ4n) is 4.64. The molecule has 3 fully saturated rings. The van der Waals surface area contributed by atoms with Crippen LogP contribution in [0.3, 0.4) is 0 Å². The van der Waals surface area contributed by atoms with Gasteiger partial charge in [-0.05, 0) is 25.7 Å². The fourth-order valence-corrected chi connectivity index (χ4v) is 4.82. The first kappa shape index (κ1) is 18.3. The Hall–Kier alpha value is -2.07. The molecule has 4 rings (SSSR count). The Bertz CT molecular complexity index is 744. The molecule has 1 aliphatic carbocycles. The molecule has 8 heteroatoms. The van der Waals surface area contributed by atoms with Crippen molar-refractivity contribution in [2.24, 2.45) is 0 Å². The number of nitrogens with zero attached hydrogens (tertiary/aromatic N) is 6. The van der Waals surface area contributed by atoms with Crippen molar-refractivity contribution in [1.82, 2.24) is 19.8 Å². The molecule has 1 saturated carbocycles. The topological polar surface area (TPSA) is 76.4 Å². The first-order valence-corrected chi connectivity index (χ1v) is 10.3. The van der Waals surface area contributed by atoms with Crippen LogP contribution in [0.25, 0.3) is 0 Å². The van der Waals surface area contributed by atoms with Crippen LogP contribution in [0.5, 0.6) is 0 Å². The van der Waals surface area contributed by atoms with Crippen LogP contribution in [0.15, 0.2) is 6.20 Å². The van der Waals surface area contributed by atoms with Gasteiger partial charge in [-0.15, -0.1) is 0 Å². The van der Waals surface area contributed by atoms with Gasteiger partial charge in [0.25, 0.3) is 0 Å². The molecular formula is C19H25ClN6O. The van der Waals surface area contributed by atoms with E-state index in [0.717, 1.165) is 51.9 Å². The molecule has 7 nitrogen and oxygen atoms in total. The number of hydrogen-bond donors (Lipinski definition) is 0. The molecule has 2 saturated heterocycles. The second-order valence-corrected chi connectivity index (χ2v) is 8.04. The number of aromatic nitrogens is 2. The zero-order chi connectivity index (χ0) is 18.8. The summed E-state index contributed by atoms with van der Waals surface area (Å²) in [4.78, 5) is 27.8. The number of nitriles is 1. The van der Waals surface area contributed by atoms with Crippen molar-refractivity contribution in [2.75, 3.05) is 31.1 Å². The fraction of sp³-hybridized carbons (Fsp3) is 0.684. The zero-order valence-corrected chi connectivity index (χ0v) is 16.2. The molecule has 3 aliphatic rings. The molecule has 0 aromatic carbocycles. The number of halogens is 1. The van der Waals surface area contributed by atoms with Crippen molar-refractivity contribution < 1.29 is 4.79 Å². The van der Waals surface area contributed by atoms with Gasteiger partial charge in [-0.3, -0.25) is 0 Å². The predicted octanol–water partition coefficient (Wildman–Crippen LogP) is 3.04. The van der Waals surface area contributed by atoms with E-state index in [4.69, 9.17) is 16.9 Å². The van der Waals surface area contributed by atoms with Gasteiger partial charge in [0.05, 0.1) is 12.2 Å². The largest absolute Gasteiger partial charge is 0.353 e. The van der Waals surface area contributed by atoms with Gasteiger partial charge in [0.15, 0.2) is 10.8 Å². The smallest absolute Gasteiger partial charge is 0.320 e. The Morgan fingerprint density at radius 3 is 2.44 bits per heavy atom. The summed E-state index contributed by atoms with van der Waals surface area (Å²) in [7, 11) is 0. The molecular weight excluding hydrogens is 364 g/mol. The van der Waals surface area contributed by atoms with Crippen molar-refractivity contribution in [3.8, 4) is 6.07 Å². The highest BCUT2D eigenvalue weighted by Crippen LogP contribution is 2.29. The summed E-state index contributed by atoms with van der Waals surface area (Å²) >= 11 is 6.05. The van der Waals surface area contributed by atoms with Crippen molar-refractivity contribution in [3.05, 3.63) is 17.0 Å². The van der Waals surface area contributed by atoms with E-state index in [9.17, 15) is 4.79 Å². The minimum absolute atomic E-state index is 0.137. The van der Waals surface area contributed by atoms with E-state index < -0.39 is 0 Å². The maximum Gasteiger partial charge on any atom is 0.320 e. The third-order valence-corrected chi connectivity index (χ3v) is 6.34. The Balaban J connectivity index is 1.43. The minimum atomic E-state index is 0.137. The highest BCUT2D eigenvalue weighted by Gasteiger charge is 2.39. The van der Waals surface area contributed by atoms with Crippen molar-refractivity contribution in [2.45, 2.75) is 57.0 Å². The number of urea groups is 1. The van der Waals surface area contributed by atoms with Crippen molar-refractivity contribution >= 4 is 23.4 Å². The second kappa shape index (κ2) is 7.89. The van der Waals surface area contributed by atoms with Gasteiger partial charge in [0.2, 0.25) is 0 Å². The van der Waals surface area contributed by atoms with Crippen LogP contribution < -0.4 is 4.90 Å². The lowest BCUT2D eigenvalue weighted by molar-refractivity contribution is 0.150. The van der Waals surface area contributed by atoms with E-state index in [0.29, 0.717) is 11.9 Å². The molecule has 1 unspecified atom stereocenters. The van der Waals surface area contributed by atoms with Gasteiger partial charge in [0.1, 0.15) is 11.9 Å². The standard InChI is InChI=1S/C19H25ClN6O/c20-18-16(11-21)22-12-17(23-18)24-8-4-7-15(13-24)26-10-9-25(19(26)27)14-5-2-1-3-6-14/h12,14-15H,1-10,13H2. The van der Waals surface area contributed by atoms with Gasteiger partial charge < -0.3 is 14.7 Å². The zero-order valence-electron chi connectivity index (χ0n) is 15.5. The maximum absolute atomic E-state index is 13.0. The van der Waals surface area contributed by atoms with E-state index in [1.54, 1.807) is 6.20 Å². The first-order chi connectivity index (χ1) is 13.2. The van der Waals surface area contributed by atoms with Crippen molar-refractivity contribution in [3.63, 3.8) is 0 Å². The van der Waals surface area contributed by atoms with Crippen LogP contribution in [0.1, 0.15) is 50.6 Å². The number of rotatable bonds is 3.